The van der Waals surface area contributed by atoms with E-state index in [2.05, 4.69) is 10.6 Å². The minimum Gasteiger partial charge on any atom is -0.368 e. The highest BCUT2D eigenvalue weighted by molar-refractivity contribution is 5.87. The maximum absolute atomic E-state index is 12.5. The van der Waals surface area contributed by atoms with Crippen LogP contribution in [-0.2, 0) is 4.79 Å². The number of rotatable bonds is 6. The summed E-state index contributed by atoms with van der Waals surface area (Å²) in [5, 5.41) is 5.74. The molecule has 130 valence electrons. The average molecular weight is 337 g/mol. The number of benzene rings is 2. The Kier molecular flexibility index (Phi) is 5.33. The van der Waals surface area contributed by atoms with E-state index in [4.69, 9.17) is 5.73 Å². The summed E-state index contributed by atoms with van der Waals surface area (Å²) in [5.41, 5.74) is 7.23. The standard InChI is InChI=1S/C20H23N3O2/c21-19(24)18(16-10-5-2-6-11-16)23-20(25)22-17(15-12-7-13-15)14-8-3-1-4-9-14/h1-6,8-11,15,17-18H,7,12-13H2,(H2,21,24)(H2,22,23,25)/t17-,18+/m0/s1. The van der Waals surface area contributed by atoms with Crippen molar-refractivity contribution in [3.05, 3.63) is 71.8 Å². The van der Waals surface area contributed by atoms with E-state index in [0.717, 1.165) is 18.4 Å². The molecule has 1 saturated carbocycles. The van der Waals surface area contributed by atoms with Crippen LogP contribution in [0.1, 0.15) is 42.5 Å². The summed E-state index contributed by atoms with van der Waals surface area (Å²) in [4.78, 5) is 24.3. The van der Waals surface area contributed by atoms with Crippen molar-refractivity contribution in [2.45, 2.75) is 31.3 Å². The first-order valence-electron chi connectivity index (χ1n) is 8.61. The highest BCUT2D eigenvalue weighted by Crippen LogP contribution is 2.37. The summed E-state index contributed by atoms with van der Waals surface area (Å²) in [6.45, 7) is 0. The second kappa shape index (κ2) is 7.83. The Labute approximate surface area is 147 Å². The summed E-state index contributed by atoms with van der Waals surface area (Å²) in [5.74, 6) is -0.154. The Bertz CT molecular complexity index is 714. The molecule has 25 heavy (non-hydrogen) atoms. The van der Waals surface area contributed by atoms with E-state index < -0.39 is 11.9 Å². The van der Waals surface area contributed by atoms with Gasteiger partial charge in [-0.2, -0.15) is 0 Å². The van der Waals surface area contributed by atoms with Crippen LogP contribution < -0.4 is 16.4 Å². The molecule has 1 aliphatic carbocycles. The van der Waals surface area contributed by atoms with Gasteiger partial charge in [0.1, 0.15) is 6.04 Å². The maximum Gasteiger partial charge on any atom is 0.316 e. The van der Waals surface area contributed by atoms with Crippen molar-refractivity contribution >= 4 is 11.9 Å². The second-order valence-corrected chi connectivity index (χ2v) is 6.44. The van der Waals surface area contributed by atoms with Crippen LogP contribution in [0.15, 0.2) is 60.7 Å². The van der Waals surface area contributed by atoms with E-state index in [1.54, 1.807) is 12.1 Å². The molecule has 0 heterocycles. The predicted octanol–water partition coefficient (Wildman–Crippen LogP) is 3.05. The van der Waals surface area contributed by atoms with Crippen LogP contribution in [0.3, 0.4) is 0 Å². The number of amides is 3. The first kappa shape index (κ1) is 17.0. The maximum atomic E-state index is 12.5. The molecule has 0 spiro atoms. The predicted molar refractivity (Wildman–Crippen MR) is 96.6 cm³/mol. The van der Waals surface area contributed by atoms with Crippen LogP contribution in [0.5, 0.6) is 0 Å². The number of primary amides is 1. The van der Waals surface area contributed by atoms with Gasteiger partial charge in [-0.1, -0.05) is 67.1 Å². The van der Waals surface area contributed by atoms with Crippen molar-refractivity contribution in [1.82, 2.24) is 10.6 Å². The van der Waals surface area contributed by atoms with Crippen molar-refractivity contribution in [3.8, 4) is 0 Å². The zero-order chi connectivity index (χ0) is 17.6. The lowest BCUT2D eigenvalue weighted by atomic mass is 9.77. The molecule has 2 aromatic carbocycles. The molecule has 0 saturated heterocycles. The first-order valence-corrected chi connectivity index (χ1v) is 8.61. The van der Waals surface area contributed by atoms with E-state index >= 15 is 0 Å². The van der Waals surface area contributed by atoms with E-state index in [9.17, 15) is 9.59 Å². The normalized spacial score (nSPS) is 16.3. The second-order valence-electron chi connectivity index (χ2n) is 6.44. The molecular weight excluding hydrogens is 314 g/mol. The zero-order valence-electron chi connectivity index (χ0n) is 14.0. The summed E-state index contributed by atoms with van der Waals surface area (Å²) in [7, 11) is 0. The minimum atomic E-state index is -0.848. The Morgan fingerprint density at radius 1 is 0.880 bits per heavy atom. The third kappa shape index (κ3) is 4.18. The van der Waals surface area contributed by atoms with Gasteiger partial charge in [-0.05, 0) is 29.9 Å². The Morgan fingerprint density at radius 3 is 1.92 bits per heavy atom. The number of nitrogens with one attached hydrogen (secondary N) is 2. The number of hydrogen-bond acceptors (Lipinski definition) is 2. The lowest BCUT2D eigenvalue weighted by Gasteiger charge is -2.35. The van der Waals surface area contributed by atoms with Crippen LogP contribution >= 0.6 is 0 Å². The fourth-order valence-corrected chi connectivity index (χ4v) is 3.19. The molecule has 1 aliphatic rings. The van der Waals surface area contributed by atoms with Gasteiger partial charge in [0.25, 0.3) is 0 Å². The molecule has 3 rings (SSSR count). The molecule has 0 radical (unpaired) electrons. The van der Waals surface area contributed by atoms with Crippen LogP contribution in [0, 0.1) is 5.92 Å². The summed E-state index contributed by atoms with van der Waals surface area (Å²) in [6, 6.07) is 17.7. The number of carbonyl (C=O) groups is 2. The molecule has 2 atom stereocenters. The van der Waals surface area contributed by atoms with Crippen LogP contribution in [0.25, 0.3) is 0 Å². The van der Waals surface area contributed by atoms with Crippen LogP contribution in [-0.4, -0.2) is 11.9 Å². The molecule has 2 aromatic rings. The molecular formula is C20H23N3O2. The summed E-state index contributed by atoms with van der Waals surface area (Å²) >= 11 is 0. The molecule has 0 aliphatic heterocycles. The summed E-state index contributed by atoms with van der Waals surface area (Å²) < 4.78 is 0. The van der Waals surface area contributed by atoms with Gasteiger partial charge in [0.2, 0.25) is 5.91 Å². The fourth-order valence-electron chi connectivity index (χ4n) is 3.19. The van der Waals surface area contributed by atoms with Gasteiger partial charge in [-0.15, -0.1) is 0 Å². The van der Waals surface area contributed by atoms with Gasteiger partial charge < -0.3 is 16.4 Å². The van der Waals surface area contributed by atoms with Crippen molar-refractivity contribution < 1.29 is 9.59 Å². The topological polar surface area (TPSA) is 84.2 Å². The Morgan fingerprint density at radius 2 is 1.44 bits per heavy atom. The van der Waals surface area contributed by atoms with Gasteiger partial charge >= 0.3 is 6.03 Å². The lowest BCUT2D eigenvalue weighted by Crippen LogP contribution is -2.46. The van der Waals surface area contributed by atoms with Gasteiger partial charge in [-0.25, -0.2) is 4.79 Å². The molecule has 5 heteroatoms. The van der Waals surface area contributed by atoms with Crippen molar-refractivity contribution in [3.63, 3.8) is 0 Å². The number of carbonyl (C=O) groups excluding carboxylic acids is 2. The van der Waals surface area contributed by atoms with Crippen LogP contribution in [0.4, 0.5) is 4.79 Å². The van der Waals surface area contributed by atoms with Gasteiger partial charge in [-0.3, -0.25) is 4.79 Å². The van der Waals surface area contributed by atoms with E-state index in [1.165, 1.54) is 6.42 Å². The van der Waals surface area contributed by atoms with Crippen molar-refractivity contribution in [2.75, 3.05) is 0 Å². The molecule has 5 nitrogen and oxygen atoms in total. The van der Waals surface area contributed by atoms with E-state index in [0.29, 0.717) is 11.5 Å². The molecule has 4 N–H and O–H groups in total. The highest BCUT2D eigenvalue weighted by atomic mass is 16.2. The third-order valence-corrected chi connectivity index (χ3v) is 4.76. The first-order chi connectivity index (χ1) is 12.1. The fraction of sp³-hybridized carbons (Fsp3) is 0.300. The van der Waals surface area contributed by atoms with Crippen molar-refractivity contribution in [2.24, 2.45) is 11.7 Å². The molecule has 3 amide bonds. The SMILES string of the molecule is NC(=O)[C@H](NC(=O)N[C@@H](c1ccccc1)C1CCC1)c1ccccc1. The minimum absolute atomic E-state index is 0.0563. The van der Waals surface area contributed by atoms with E-state index in [-0.39, 0.29) is 12.1 Å². The molecule has 0 bridgehead atoms. The lowest BCUT2D eigenvalue weighted by molar-refractivity contribution is -0.119. The third-order valence-electron chi connectivity index (χ3n) is 4.76. The smallest absolute Gasteiger partial charge is 0.316 e. The van der Waals surface area contributed by atoms with Crippen molar-refractivity contribution in [1.29, 1.82) is 0 Å². The van der Waals surface area contributed by atoms with E-state index in [1.807, 2.05) is 48.5 Å². The summed E-state index contributed by atoms with van der Waals surface area (Å²) in [6.07, 6.45) is 3.38. The van der Waals surface area contributed by atoms with Gasteiger partial charge in [0.15, 0.2) is 0 Å². The molecule has 0 unspecified atom stereocenters. The Balaban J connectivity index is 1.71. The Hall–Kier alpha value is -2.82. The van der Waals surface area contributed by atoms with Crippen LogP contribution in [0.2, 0.25) is 0 Å². The molecule has 0 aromatic heterocycles. The van der Waals surface area contributed by atoms with Gasteiger partial charge in [0.05, 0.1) is 6.04 Å². The largest absolute Gasteiger partial charge is 0.368 e. The number of nitrogens with two attached hydrogens (primary N) is 1. The number of hydrogen-bond donors (Lipinski definition) is 3. The zero-order valence-corrected chi connectivity index (χ0v) is 14.0. The quantitative estimate of drug-likeness (QED) is 0.757. The van der Waals surface area contributed by atoms with Gasteiger partial charge in [0, 0.05) is 0 Å². The molecule has 1 fully saturated rings. The highest BCUT2D eigenvalue weighted by Gasteiger charge is 2.30. The average Bonchev–Trinajstić information content (AvgIpc) is 2.59. The monoisotopic (exact) mass is 337 g/mol. The number of urea groups is 1.